The van der Waals surface area contributed by atoms with Crippen molar-refractivity contribution in [3.8, 4) is 0 Å². The molecule has 7 N–H and O–H groups in total. The molecule has 29 heteroatoms. The number of likely N-dealkylation sites (N-methyl/N-ethyl adjacent to an activating group) is 6. The standard InChI is InChI=1S/C10H16N4O4.C10H15N3O3.C9H15N3O3.C8H13N3O4.HNO/c1-6(11-18-5)10(12-17)8(15)13(3)7(2)14(4)9(10)16;1-6(11-16-5)8-9(14)12(3)7(2)13(4)10(8)15;1-5-9(10-15)7(13)11(3)6(2)12(4)8(9)14;1-4-8(5(12)9-2)6(13)10(3)7(14)11(8)15;1-2/h12,17H,2H2,1,3-5H3;8H,2H2,1,3-5H3;10,15H,2,5H2,1,3-4H3;15H,4H2,1-3H3,(H,9,12);1H/b2*11-6+;;;. The predicted molar refractivity (Wildman–Crippen MR) is 228 cm³/mol. The molecule has 4 fully saturated rings. The summed E-state index contributed by atoms with van der Waals surface area (Å²) in [5.41, 5.74) is 3.02. The topological polar surface area (TPSA) is 360 Å². The summed E-state index contributed by atoms with van der Waals surface area (Å²) in [6.45, 7) is 17.1. The molecule has 66 heavy (non-hydrogen) atoms. The van der Waals surface area contributed by atoms with Crippen LogP contribution >= 0.6 is 0 Å². The van der Waals surface area contributed by atoms with E-state index in [2.05, 4.69) is 50.6 Å². The Hall–Kier alpha value is -7.21. The Labute approximate surface area is 380 Å². The van der Waals surface area contributed by atoms with Gasteiger partial charge in [-0.2, -0.15) is 20.9 Å². The van der Waals surface area contributed by atoms with Gasteiger partial charge in [0.2, 0.25) is 22.9 Å². The van der Waals surface area contributed by atoms with E-state index in [9.17, 15) is 53.6 Å². The molecule has 0 aromatic carbocycles. The number of rotatable bonds is 9. The van der Waals surface area contributed by atoms with Crippen LogP contribution in [0.3, 0.4) is 0 Å². The highest BCUT2D eigenvalue weighted by Crippen LogP contribution is 2.30. The number of urea groups is 1. The van der Waals surface area contributed by atoms with E-state index in [0.717, 1.165) is 14.7 Å². The number of hydrogen-bond acceptors (Lipinski definition) is 20. The minimum Gasteiger partial charge on any atom is -0.399 e. The van der Waals surface area contributed by atoms with Crippen molar-refractivity contribution in [2.75, 3.05) is 70.6 Å². The summed E-state index contributed by atoms with van der Waals surface area (Å²) in [7, 11) is 14.2. The first-order valence-electron chi connectivity index (χ1n) is 19.1. The lowest BCUT2D eigenvalue weighted by Crippen LogP contribution is -2.72. The van der Waals surface area contributed by atoms with Gasteiger partial charge >= 0.3 is 6.03 Å². The third kappa shape index (κ3) is 10.0. The molecular weight excluding hydrogens is 880 g/mol. The zero-order chi connectivity index (χ0) is 52.1. The number of imide groups is 1. The van der Waals surface area contributed by atoms with Gasteiger partial charge in [-0.25, -0.2) is 4.79 Å². The van der Waals surface area contributed by atoms with Crippen molar-refractivity contribution in [1.82, 2.24) is 55.6 Å². The number of oxime groups is 2. The Morgan fingerprint density at radius 2 is 1.03 bits per heavy atom. The highest BCUT2D eigenvalue weighted by molar-refractivity contribution is 6.30. The van der Waals surface area contributed by atoms with Crippen LogP contribution in [0.5, 0.6) is 0 Å². The molecule has 29 nitrogen and oxygen atoms in total. The van der Waals surface area contributed by atoms with Crippen LogP contribution in [0.15, 0.2) is 47.5 Å². The second kappa shape index (κ2) is 23.6. The molecule has 4 saturated heterocycles. The highest BCUT2D eigenvalue weighted by atomic mass is 16.6. The maximum Gasteiger partial charge on any atom is 0.351 e. The Bertz CT molecular complexity index is 1960. The SMILES string of the molecule is C=C1N(C)C(=O)C(/C(C)=N/OC)C(=O)N1C.C=C1N(C)C(=O)C(CC)(NO)C(=O)N1C.C=C1N(C)C(=O)C(NO)(/C(C)=N/OC)C(=O)N1C.CCC1(C(=O)NC)C(=O)N(C)C(=O)N1O.N=O. The minimum atomic E-state index is -1.99. The second-order valence-electron chi connectivity index (χ2n) is 14.2. The monoisotopic (exact) mass is 940 g/mol. The second-order valence-corrected chi connectivity index (χ2v) is 14.2. The smallest absolute Gasteiger partial charge is 0.351 e. The normalized spacial score (nSPS) is 21.1. The van der Waals surface area contributed by atoms with Crippen LogP contribution in [-0.4, -0.2) is 207 Å². The van der Waals surface area contributed by atoms with Gasteiger partial charge < -0.3 is 35.2 Å². The number of nitrogens with zero attached hydrogens (tertiary/aromatic N) is 10. The molecule has 0 radical (unpaired) electrons. The Balaban J connectivity index is 0.000000844. The van der Waals surface area contributed by atoms with E-state index in [1.165, 1.54) is 83.0 Å². The van der Waals surface area contributed by atoms with Crippen molar-refractivity contribution in [3.05, 3.63) is 42.1 Å². The number of carbonyl (C=O) groups excluding carboxylic acids is 9. The summed E-state index contributed by atoms with van der Waals surface area (Å²) >= 11 is 0. The van der Waals surface area contributed by atoms with Gasteiger partial charge in [-0.05, 0) is 26.7 Å². The summed E-state index contributed by atoms with van der Waals surface area (Å²) in [5.74, 6) is -4.53. The lowest BCUT2D eigenvalue weighted by atomic mass is 9.89. The molecule has 1 unspecified atom stereocenters. The minimum absolute atomic E-state index is 0.00583. The first kappa shape index (κ1) is 58.8. The summed E-state index contributed by atoms with van der Waals surface area (Å²) in [6.07, 6.45) is 0.182. The molecule has 4 aliphatic rings. The van der Waals surface area contributed by atoms with Crippen LogP contribution < -0.4 is 16.3 Å². The molecule has 0 bridgehead atoms. The number of nitrogens with one attached hydrogen (secondary N) is 4. The summed E-state index contributed by atoms with van der Waals surface area (Å²) in [6, 6.07) is -0.898. The first-order chi connectivity index (χ1) is 30.6. The van der Waals surface area contributed by atoms with Gasteiger partial charge in [0, 0.05) is 56.4 Å². The first-order valence-corrected chi connectivity index (χ1v) is 19.1. The molecule has 0 saturated carbocycles. The summed E-state index contributed by atoms with van der Waals surface area (Å²) < 4.78 is 0. The van der Waals surface area contributed by atoms with Gasteiger partial charge in [0.1, 0.15) is 31.7 Å². The Kier molecular flexibility index (Phi) is 21.1. The molecule has 4 heterocycles. The Morgan fingerprint density at radius 3 is 1.32 bits per heavy atom. The fraction of sp³-hybridized carbons (Fsp3) is 0.541. The third-order valence-corrected chi connectivity index (χ3v) is 11.0. The van der Waals surface area contributed by atoms with Gasteiger partial charge in [0.15, 0.2) is 11.5 Å². The lowest BCUT2D eigenvalue weighted by Gasteiger charge is -2.42. The van der Waals surface area contributed by atoms with Gasteiger partial charge in [-0.15, -0.1) is 0 Å². The fourth-order valence-electron chi connectivity index (χ4n) is 6.49. The van der Waals surface area contributed by atoms with E-state index < -0.39 is 64.0 Å². The molecule has 0 aromatic rings. The Morgan fingerprint density at radius 1 is 0.652 bits per heavy atom. The number of hydroxylamine groups is 4. The van der Waals surface area contributed by atoms with Gasteiger partial charge in [0.05, 0.1) is 11.4 Å². The van der Waals surface area contributed by atoms with Crippen LogP contribution in [0.2, 0.25) is 0 Å². The van der Waals surface area contributed by atoms with E-state index in [-0.39, 0.29) is 41.3 Å². The molecular formula is C37H60N14O15. The van der Waals surface area contributed by atoms with E-state index in [0.29, 0.717) is 17.4 Å². The fourth-order valence-corrected chi connectivity index (χ4v) is 6.49. The number of carbonyl (C=O) groups is 9. The zero-order valence-electron chi connectivity index (χ0n) is 39.3. The average Bonchev–Trinajstić information content (AvgIpc) is 3.48. The van der Waals surface area contributed by atoms with E-state index >= 15 is 0 Å². The number of nitroso groups, excluding NO2 is 1. The van der Waals surface area contributed by atoms with Crippen LogP contribution in [-0.2, 0) is 48.0 Å². The number of hydrogen-bond donors (Lipinski definition) is 7. The van der Waals surface area contributed by atoms with Crippen molar-refractivity contribution in [2.45, 2.75) is 57.2 Å². The average molecular weight is 941 g/mol. The van der Waals surface area contributed by atoms with Crippen molar-refractivity contribution in [1.29, 1.82) is 5.59 Å². The van der Waals surface area contributed by atoms with Crippen molar-refractivity contribution >= 4 is 64.7 Å². The molecule has 4 rings (SSSR count). The van der Waals surface area contributed by atoms with Crippen molar-refractivity contribution in [3.63, 3.8) is 0 Å². The van der Waals surface area contributed by atoms with Crippen molar-refractivity contribution < 1.29 is 68.4 Å². The molecule has 0 spiro atoms. The number of amides is 10. The van der Waals surface area contributed by atoms with Crippen LogP contribution in [0.1, 0.15) is 40.5 Å². The molecule has 0 aromatic heterocycles. The van der Waals surface area contributed by atoms with Crippen LogP contribution in [0, 0.1) is 16.4 Å². The summed E-state index contributed by atoms with van der Waals surface area (Å²) in [5, 5.41) is 37.5. The quantitative estimate of drug-likeness (QED) is 0.0334. The highest BCUT2D eigenvalue weighted by Gasteiger charge is 2.60. The van der Waals surface area contributed by atoms with Crippen LogP contribution in [0.25, 0.3) is 0 Å². The largest absolute Gasteiger partial charge is 0.399 e. The predicted octanol–water partition coefficient (Wildman–Crippen LogP) is -1.83. The molecule has 4 aliphatic heterocycles. The molecule has 1 atom stereocenters. The maximum absolute atomic E-state index is 12.2. The lowest BCUT2D eigenvalue weighted by molar-refractivity contribution is -0.163. The molecule has 10 amide bonds. The zero-order valence-corrected chi connectivity index (χ0v) is 39.3. The molecule has 368 valence electrons. The maximum atomic E-state index is 12.2. The van der Waals surface area contributed by atoms with E-state index in [4.69, 9.17) is 10.1 Å². The third-order valence-electron chi connectivity index (χ3n) is 11.0. The van der Waals surface area contributed by atoms with Gasteiger partial charge in [-0.1, -0.05) is 49.5 Å². The van der Waals surface area contributed by atoms with Crippen molar-refractivity contribution in [2.24, 2.45) is 16.2 Å². The molecule has 0 aliphatic carbocycles. The van der Waals surface area contributed by atoms with Crippen LogP contribution in [0.4, 0.5) is 4.79 Å². The van der Waals surface area contributed by atoms with Gasteiger partial charge in [0.25, 0.3) is 35.4 Å². The summed E-state index contributed by atoms with van der Waals surface area (Å²) in [4.78, 5) is 131. The van der Waals surface area contributed by atoms with E-state index in [1.807, 2.05) is 5.48 Å². The van der Waals surface area contributed by atoms with Gasteiger partial charge in [-0.3, -0.25) is 68.1 Å². The van der Waals surface area contributed by atoms with E-state index in [1.54, 1.807) is 40.3 Å².